The van der Waals surface area contributed by atoms with Crippen molar-refractivity contribution in [3.63, 3.8) is 0 Å². The van der Waals surface area contributed by atoms with Gasteiger partial charge >= 0.3 is 0 Å². The molecule has 11 heteroatoms. The minimum atomic E-state index is -4.74. The lowest BCUT2D eigenvalue weighted by Crippen LogP contribution is -2.55. The Morgan fingerprint density at radius 3 is 2.13 bits per heavy atom. The quantitative estimate of drug-likeness (QED) is 0.155. The summed E-state index contributed by atoms with van der Waals surface area (Å²) in [6, 6.07) is 17.8. The maximum atomic E-state index is 13.5. The van der Waals surface area contributed by atoms with Gasteiger partial charge in [0.1, 0.15) is 17.4 Å². The first-order valence-electron chi connectivity index (χ1n) is 12.0. The lowest BCUT2D eigenvalue weighted by molar-refractivity contribution is -0.131. The van der Waals surface area contributed by atoms with Gasteiger partial charge in [-0.25, -0.2) is 17.2 Å². The molecule has 0 bridgehead atoms. The number of hydrogen-bond donors (Lipinski definition) is 1. The maximum Gasteiger partial charge on any atom is 0.233 e. The molecule has 0 radical (unpaired) electrons. The van der Waals surface area contributed by atoms with E-state index in [1.807, 2.05) is 0 Å². The van der Waals surface area contributed by atoms with Gasteiger partial charge in [-0.2, -0.15) is 0 Å². The van der Waals surface area contributed by atoms with Crippen molar-refractivity contribution in [2.45, 2.75) is 31.4 Å². The largest absolute Gasteiger partial charge is 0.726 e. The molecule has 1 saturated heterocycles. The van der Waals surface area contributed by atoms with Crippen LogP contribution in [0.25, 0.3) is 0 Å². The van der Waals surface area contributed by atoms with E-state index in [1.54, 1.807) is 29.2 Å². The highest BCUT2D eigenvalue weighted by molar-refractivity contribution is 7.80. The third kappa shape index (κ3) is 6.93. The summed E-state index contributed by atoms with van der Waals surface area (Å²) in [4.78, 5) is 14.8. The SMILES string of the molecule is O=C1[C@H](CC[C@H](O)c2ccc(F)cc2)[C@@H](c2ccc(OCCCOS(=O)(=O)[O-])cc2)N1c1ccc(F)cc1. The Bertz CT molecular complexity index is 1330. The summed E-state index contributed by atoms with van der Waals surface area (Å²) < 4.78 is 67.8. The number of anilines is 1. The van der Waals surface area contributed by atoms with Crippen LogP contribution in [0.15, 0.2) is 72.8 Å². The smallest absolute Gasteiger partial charge is 0.233 e. The van der Waals surface area contributed by atoms with Crippen LogP contribution < -0.4 is 9.64 Å². The Morgan fingerprint density at radius 1 is 0.921 bits per heavy atom. The number of rotatable bonds is 12. The minimum Gasteiger partial charge on any atom is -0.726 e. The van der Waals surface area contributed by atoms with Gasteiger partial charge in [0.2, 0.25) is 16.3 Å². The lowest BCUT2D eigenvalue weighted by atomic mass is 9.78. The molecule has 38 heavy (non-hydrogen) atoms. The number of aliphatic hydroxyl groups is 1. The van der Waals surface area contributed by atoms with E-state index in [9.17, 15) is 31.7 Å². The van der Waals surface area contributed by atoms with Crippen molar-refractivity contribution in [2.75, 3.05) is 18.1 Å². The van der Waals surface area contributed by atoms with E-state index in [-0.39, 0.29) is 38.0 Å². The molecule has 0 aliphatic carbocycles. The second kappa shape index (κ2) is 12.0. The summed E-state index contributed by atoms with van der Waals surface area (Å²) >= 11 is 0. The van der Waals surface area contributed by atoms with Crippen molar-refractivity contribution >= 4 is 22.0 Å². The van der Waals surface area contributed by atoms with Gasteiger partial charge in [0.15, 0.2) is 0 Å². The molecule has 0 aromatic heterocycles. The number of nitrogens with zero attached hydrogens (tertiary/aromatic N) is 1. The van der Waals surface area contributed by atoms with Crippen LogP contribution in [0, 0.1) is 17.6 Å². The van der Waals surface area contributed by atoms with Crippen molar-refractivity contribution in [1.82, 2.24) is 0 Å². The Kier molecular flexibility index (Phi) is 8.72. The van der Waals surface area contributed by atoms with Gasteiger partial charge in [-0.1, -0.05) is 24.3 Å². The zero-order chi connectivity index (χ0) is 27.3. The average Bonchev–Trinajstić information content (AvgIpc) is 2.88. The van der Waals surface area contributed by atoms with Gasteiger partial charge in [0, 0.05) is 12.1 Å². The molecular formula is C27H26F2NO7S-. The number of β-lactam (4-membered cyclic amide) rings is 1. The highest BCUT2D eigenvalue weighted by Gasteiger charge is 2.48. The molecule has 3 aromatic carbocycles. The molecule has 1 fully saturated rings. The van der Waals surface area contributed by atoms with Gasteiger partial charge in [0.05, 0.1) is 31.3 Å². The molecule has 3 aromatic rings. The third-order valence-corrected chi connectivity index (χ3v) is 6.79. The number of hydrogen-bond acceptors (Lipinski definition) is 7. The monoisotopic (exact) mass is 546 g/mol. The fourth-order valence-electron chi connectivity index (χ4n) is 4.46. The maximum absolute atomic E-state index is 13.5. The highest BCUT2D eigenvalue weighted by Crippen LogP contribution is 2.46. The minimum absolute atomic E-state index is 0.127. The van der Waals surface area contributed by atoms with Crippen LogP contribution in [0.2, 0.25) is 0 Å². The standard InChI is InChI=1S/C27H27F2NO7S/c28-20-6-2-18(3-7-20)25(31)15-14-24-26(30(27(24)32)22-10-8-21(29)9-11-22)19-4-12-23(13-5-19)36-16-1-17-37-38(33,34)35/h2-13,24-26,31H,1,14-17H2,(H,33,34,35)/p-1/t24-,25+,26-/m1/s1. The third-order valence-electron chi connectivity index (χ3n) is 6.33. The second-order valence-corrected chi connectivity index (χ2v) is 9.93. The molecule has 1 aliphatic heterocycles. The molecule has 0 saturated carbocycles. The lowest BCUT2D eigenvalue weighted by Gasteiger charge is -2.48. The van der Waals surface area contributed by atoms with Gasteiger partial charge in [-0.05, 0) is 72.5 Å². The van der Waals surface area contributed by atoms with Crippen molar-refractivity contribution in [3.05, 3.63) is 95.6 Å². The molecule has 1 aliphatic rings. The second-order valence-electron chi connectivity index (χ2n) is 8.88. The van der Waals surface area contributed by atoms with Crippen LogP contribution in [0.4, 0.5) is 14.5 Å². The van der Waals surface area contributed by atoms with E-state index in [4.69, 9.17) is 4.74 Å². The summed E-state index contributed by atoms with van der Waals surface area (Å²) in [5.74, 6) is -0.908. The number of benzene rings is 3. The number of amides is 1. The first-order chi connectivity index (χ1) is 18.1. The van der Waals surface area contributed by atoms with Crippen LogP contribution in [0.5, 0.6) is 5.75 Å². The Labute approximate surface area is 219 Å². The van der Waals surface area contributed by atoms with Crippen LogP contribution in [0.3, 0.4) is 0 Å². The summed E-state index contributed by atoms with van der Waals surface area (Å²) in [5, 5.41) is 10.6. The van der Waals surface area contributed by atoms with Crippen LogP contribution in [0.1, 0.15) is 42.5 Å². The zero-order valence-corrected chi connectivity index (χ0v) is 21.0. The van der Waals surface area contributed by atoms with E-state index in [2.05, 4.69) is 4.18 Å². The number of halogens is 2. The summed E-state index contributed by atoms with van der Waals surface area (Å²) in [6.07, 6.45) is -0.00381. The Hall–Kier alpha value is -3.38. The molecule has 202 valence electrons. The van der Waals surface area contributed by atoms with Crippen molar-refractivity contribution in [3.8, 4) is 5.75 Å². The summed E-state index contributed by atoms with van der Waals surface area (Å²) in [7, 11) is -4.74. The van der Waals surface area contributed by atoms with Gasteiger partial charge in [-0.15, -0.1) is 0 Å². The van der Waals surface area contributed by atoms with Crippen molar-refractivity contribution in [2.24, 2.45) is 5.92 Å². The van der Waals surface area contributed by atoms with E-state index in [0.717, 1.165) is 5.56 Å². The van der Waals surface area contributed by atoms with Gasteiger partial charge in [0.25, 0.3) is 0 Å². The molecular weight excluding hydrogens is 520 g/mol. The first kappa shape index (κ1) is 27.6. The average molecular weight is 547 g/mol. The van der Waals surface area contributed by atoms with Crippen molar-refractivity contribution in [1.29, 1.82) is 0 Å². The fourth-order valence-corrected chi connectivity index (χ4v) is 4.78. The predicted octanol–water partition coefficient (Wildman–Crippen LogP) is 4.43. The van der Waals surface area contributed by atoms with E-state index in [0.29, 0.717) is 23.4 Å². The normalized spacial score (nSPS) is 18.2. The number of carbonyl (C=O) groups is 1. The molecule has 3 atom stereocenters. The van der Waals surface area contributed by atoms with E-state index >= 15 is 0 Å². The predicted molar refractivity (Wildman–Crippen MR) is 133 cm³/mol. The Morgan fingerprint density at radius 2 is 1.53 bits per heavy atom. The molecule has 4 rings (SSSR count). The Balaban J connectivity index is 1.44. The number of aliphatic hydroxyl groups excluding tert-OH is 1. The molecule has 0 unspecified atom stereocenters. The number of carbonyl (C=O) groups excluding carboxylic acids is 1. The number of ether oxygens (including phenoxy) is 1. The zero-order valence-electron chi connectivity index (χ0n) is 20.2. The molecule has 1 heterocycles. The van der Waals surface area contributed by atoms with Gasteiger partial charge in [-0.3, -0.25) is 8.98 Å². The topological polar surface area (TPSA) is 116 Å². The fraction of sp³-hybridized carbons (Fsp3) is 0.296. The highest BCUT2D eigenvalue weighted by atomic mass is 32.3. The summed E-state index contributed by atoms with van der Waals surface area (Å²) in [6.45, 7) is -0.158. The van der Waals surface area contributed by atoms with Crippen molar-refractivity contribution < 1.29 is 40.6 Å². The van der Waals surface area contributed by atoms with Gasteiger partial charge < -0.3 is 19.3 Å². The van der Waals surface area contributed by atoms with E-state index in [1.165, 1.54) is 48.5 Å². The van der Waals surface area contributed by atoms with Crippen LogP contribution >= 0.6 is 0 Å². The molecule has 1 amide bonds. The van der Waals surface area contributed by atoms with Crippen LogP contribution in [-0.2, 0) is 19.4 Å². The molecule has 1 N–H and O–H groups in total. The van der Waals surface area contributed by atoms with E-state index < -0.39 is 34.1 Å². The molecule has 8 nitrogen and oxygen atoms in total. The molecule has 0 spiro atoms. The first-order valence-corrected chi connectivity index (χ1v) is 13.3. The van der Waals surface area contributed by atoms with Crippen LogP contribution in [-0.4, -0.2) is 37.2 Å². The summed E-state index contributed by atoms with van der Waals surface area (Å²) in [5.41, 5.74) is 1.92.